The lowest BCUT2D eigenvalue weighted by atomic mass is 10.00. The van der Waals surface area contributed by atoms with Gasteiger partial charge in [0, 0.05) is 36.2 Å². The van der Waals surface area contributed by atoms with Gasteiger partial charge in [0.2, 0.25) is 5.91 Å². The van der Waals surface area contributed by atoms with E-state index in [-0.39, 0.29) is 43.7 Å². The fourth-order valence-electron chi connectivity index (χ4n) is 4.89. The predicted molar refractivity (Wildman–Crippen MR) is 136 cm³/mol. The summed E-state index contributed by atoms with van der Waals surface area (Å²) in [5.74, 6) is -0.988. The Bertz CT molecular complexity index is 1240. The standard InChI is InChI=1S/C28H28F2N2O4S/c29-20-8-6-19(7-9-20)28(34)31(16-23-5-2-13-35-23)17-27(33)32-12-10-26-24(11-14-37-26)25(32)18-36-22-4-1-3-21(30)15-22/h1,3-4,6-9,11,14-15,23,25H,2,5,10,12-13,16-18H2/t23-,25+/m1/s1. The normalized spacial score (nSPS) is 18.9. The quantitative estimate of drug-likeness (QED) is 0.421. The lowest BCUT2D eigenvalue weighted by Gasteiger charge is -2.37. The molecule has 0 saturated carbocycles. The smallest absolute Gasteiger partial charge is 0.254 e. The molecule has 5 rings (SSSR count). The molecule has 9 heteroatoms. The van der Waals surface area contributed by atoms with Gasteiger partial charge in [-0.15, -0.1) is 11.3 Å². The molecule has 2 aromatic carbocycles. The molecule has 0 unspecified atom stereocenters. The zero-order valence-electron chi connectivity index (χ0n) is 20.3. The van der Waals surface area contributed by atoms with E-state index in [1.807, 2.05) is 11.4 Å². The Morgan fingerprint density at radius 2 is 1.95 bits per heavy atom. The number of rotatable bonds is 8. The minimum atomic E-state index is -0.431. The van der Waals surface area contributed by atoms with Gasteiger partial charge in [-0.25, -0.2) is 8.78 Å². The SMILES string of the molecule is O=C(c1ccc(F)cc1)N(CC(=O)N1CCc2sccc2[C@@H]1COc1cccc(F)c1)C[C@H]1CCCO1. The van der Waals surface area contributed by atoms with Crippen LogP contribution in [0.15, 0.2) is 60.0 Å². The summed E-state index contributed by atoms with van der Waals surface area (Å²) in [5, 5.41) is 2.00. The monoisotopic (exact) mass is 526 g/mol. The Hall–Kier alpha value is -3.30. The Kier molecular flexibility index (Phi) is 7.81. The molecule has 37 heavy (non-hydrogen) atoms. The number of hydrogen-bond donors (Lipinski definition) is 0. The van der Waals surface area contributed by atoms with Crippen molar-refractivity contribution in [3.63, 3.8) is 0 Å². The summed E-state index contributed by atoms with van der Waals surface area (Å²) in [6.07, 6.45) is 2.29. The summed E-state index contributed by atoms with van der Waals surface area (Å²) in [4.78, 5) is 31.5. The maximum atomic E-state index is 13.7. The molecule has 0 N–H and O–H groups in total. The van der Waals surface area contributed by atoms with Gasteiger partial charge >= 0.3 is 0 Å². The molecule has 0 radical (unpaired) electrons. The number of nitrogens with zero attached hydrogens (tertiary/aromatic N) is 2. The molecule has 0 aliphatic carbocycles. The highest BCUT2D eigenvalue weighted by molar-refractivity contribution is 7.10. The van der Waals surface area contributed by atoms with Crippen LogP contribution in [0.1, 0.15) is 39.7 Å². The molecule has 6 nitrogen and oxygen atoms in total. The first-order chi connectivity index (χ1) is 18.0. The lowest BCUT2D eigenvalue weighted by molar-refractivity contribution is -0.135. The second-order valence-corrected chi connectivity index (χ2v) is 10.2. The number of benzene rings is 2. The van der Waals surface area contributed by atoms with Crippen molar-refractivity contribution in [2.24, 2.45) is 0 Å². The average Bonchev–Trinajstić information content (AvgIpc) is 3.59. The van der Waals surface area contributed by atoms with Gasteiger partial charge in [0.15, 0.2) is 0 Å². The number of amides is 2. The third-order valence-electron chi connectivity index (χ3n) is 6.77. The maximum Gasteiger partial charge on any atom is 0.254 e. The molecule has 0 bridgehead atoms. The van der Waals surface area contributed by atoms with Crippen molar-refractivity contribution in [3.05, 3.63) is 87.6 Å². The minimum absolute atomic E-state index is 0.133. The zero-order chi connectivity index (χ0) is 25.8. The van der Waals surface area contributed by atoms with Crippen LogP contribution in [-0.2, 0) is 16.0 Å². The fraction of sp³-hybridized carbons (Fsp3) is 0.357. The Morgan fingerprint density at radius 1 is 1.11 bits per heavy atom. The highest BCUT2D eigenvalue weighted by Crippen LogP contribution is 2.34. The van der Waals surface area contributed by atoms with Crippen LogP contribution in [-0.4, -0.2) is 60.6 Å². The third-order valence-corrected chi connectivity index (χ3v) is 7.77. The highest BCUT2D eigenvalue weighted by Gasteiger charge is 2.34. The van der Waals surface area contributed by atoms with E-state index < -0.39 is 11.6 Å². The molecule has 2 aliphatic rings. The summed E-state index contributed by atoms with van der Waals surface area (Å²) in [5.41, 5.74) is 1.33. The second-order valence-electron chi connectivity index (χ2n) is 9.25. The average molecular weight is 527 g/mol. The number of ether oxygens (including phenoxy) is 2. The van der Waals surface area contributed by atoms with Gasteiger partial charge < -0.3 is 19.3 Å². The zero-order valence-corrected chi connectivity index (χ0v) is 21.1. The first-order valence-corrected chi connectivity index (χ1v) is 13.3. The maximum absolute atomic E-state index is 13.7. The van der Waals surface area contributed by atoms with Crippen LogP contribution in [0.2, 0.25) is 0 Å². The molecule has 1 saturated heterocycles. The van der Waals surface area contributed by atoms with Crippen LogP contribution in [0.25, 0.3) is 0 Å². The molecule has 2 aliphatic heterocycles. The first kappa shape index (κ1) is 25.4. The lowest BCUT2D eigenvalue weighted by Crippen LogP contribution is -2.49. The topological polar surface area (TPSA) is 59.1 Å². The number of thiophene rings is 1. The summed E-state index contributed by atoms with van der Waals surface area (Å²) < 4.78 is 38.8. The number of halogens is 2. The molecular formula is C28H28F2N2O4S. The Morgan fingerprint density at radius 3 is 2.70 bits per heavy atom. The fourth-order valence-corrected chi connectivity index (χ4v) is 5.82. The van der Waals surface area contributed by atoms with Gasteiger partial charge in [-0.2, -0.15) is 0 Å². The summed E-state index contributed by atoms with van der Waals surface area (Å²) in [7, 11) is 0. The van der Waals surface area contributed by atoms with Crippen molar-refractivity contribution in [2.45, 2.75) is 31.4 Å². The van der Waals surface area contributed by atoms with E-state index in [1.165, 1.54) is 46.2 Å². The predicted octanol–water partition coefficient (Wildman–Crippen LogP) is 4.85. The van der Waals surface area contributed by atoms with Crippen molar-refractivity contribution in [1.82, 2.24) is 9.80 Å². The molecule has 2 amide bonds. The highest BCUT2D eigenvalue weighted by atomic mass is 32.1. The van der Waals surface area contributed by atoms with E-state index in [0.29, 0.717) is 30.9 Å². The molecule has 3 heterocycles. The van der Waals surface area contributed by atoms with Gasteiger partial charge in [0.25, 0.3) is 5.91 Å². The van der Waals surface area contributed by atoms with Crippen LogP contribution in [0.3, 0.4) is 0 Å². The second kappa shape index (κ2) is 11.4. The molecule has 1 aromatic heterocycles. The van der Waals surface area contributed by atoms with Gasteiger partial charge in [-0.3, -0.25) is 9.59 Å². The van der Waals surface area contributed by atoms with Crippen LogP contribution in [0.5, 0.6) is 5.75 Å². The van der Waals surface area contributed by atoms with Gasteiger partial charge in [0.05, 0.1) is 12.1 Å². The third kappa shape index (κ3) is 5.99. The Labute approximate surface area is 218 Å². The largest absolute Gasteiger partial charge is 0.491 e. The van der Waals surface area contributed by atoms with E-state index in [2.05, 4.69) is 0 Å². The van der Waals surface area contributed by atoms with E-state index >= 15 is 0 Å². The Balaban J connectivity index is 1.35. The van der Waals surface area contributed by atoms with E-state index in [9.17, 15) is 18.4 Å². The molecule has 3 aromatic rings. The van der Waals surface area contributed by atoms with Gasteiger partial charge in [-0.1, -0.05) is 6.07 Å². The van der Waals surface area contributed by atoms with E-state index in [1.54, 1.807) is 28.4 Å². The molecule has 2 atom stereocenters. The van der Waals surface area contributed by atoms with Crippen LogP contribution in [0.4, 0.5) is 8.78 Å². The van der Waals surface area contributed by atoms with Crippen LogP contribution < -0.4 is 4.74 Å². The van der Waals surface area contributed by atoms with Crippen molar-refractivity contribution in [2.75, 3.05) is 32.8 Å². The molecule has 0 spiro atoms. The summed E-state index contributed by atoms with van der Waals surface area (Å²) >= 11 is 1.64. The van der Waals surface area contributed by atoms with Gasteiger partial charge in [-0.05, 0) is 72.7 Å². The molecule has 1 fully saturated rings. The summed E-state index contributed by atoms with van der Waals surface area (Å²) in [6.45, 7) is 1.43. The minimum Gasteiger partial charge on any atom is -0.491 e. The number of hydrogen-bond acceptors (Lipinski definition) is 5. The summed E-state index contributed by atoms with van der Waals surface area (Å²) in [6, 6.07) is 12.9. The van der Waals surface area contributed by atoms with Crippen molar-refractivity contribution < 1.29 is 27.8 Å². The van der Waals surface area contributed by atoms with Crippen LogP contribution >= 0.6 is 11.3 Å². The number of carbonyl (C=O) groups is 2. The van der Waals surface area contributed by atoms with Crippen LogP contribution in [0, 0.1) is 11.6 Å². The number of carbonyl (C=O) groups excluding carboxylic acids is 2. The number of fused-ring (bicyclic) bond motifs is 1. The molecular weight excluding hydrogens is 498 g/mol. The molecule has 194 valence electrons. The first-order valence-electron chi connectivity index (χ1n) is 12.4. The van der Waals surface area contributed by atoms with Crippen molar-refractivity contribution in [1.29, 1.82) is 0 Å². The van der Waals surface area contributed by atoms with E-state index in [4.69, 9.17) is 9.47 Å². The van der Waals surface area contributed by atoms with Gasteiger partial charge in [0.1, 0.15) is 30.5 Å². The van der Waals surface area contributed by atoms with Crippen molar-refractivity contribution >= 4 is 23.2 Å². The van der Waals surface area contributed by atoms with Crippen molar-refractivity contribution in [3.8, 4) is 5.75 Å². The van der Waals surface area contributed by atoms with E-state index in [0.717, 1.165) is 18.4 Å².